The zero-order valence-electron chi connectivity index (χ0n) is 11.8. The van der Waals surface area contributed by atoms with Crippen molar-refractivity contribution < 1.29 is 9.59 Å². The van der Waals surface area contributed by atoms with E-state index in [1.807, 2.05) is 19.1 Å². The summed E-state index contributed by atoms with van der Waals surface area (Å²) in [6.07, 6.45) is 0.755. The average Bonchev–Trinajstić information content (AvgIpc) is 2.51. The highest BCUT2D eigenvalue weighted by Crippen LogP contribution is 2.25. The molecule has 2 aromatic carbocycles. The van der Waals surface area contributed by atoms with Crippen LogP contribution in [0.2, 0.25) is 10.0 Å². The Morgan fingerprint density at radius 2 is 1.64 bits per heavy atom. The molecule has 0 aromatic heterocycles. The molecule has 2 amide bonds. The molecule has 6 heteroatoms. The Labute approximate surface area is 138 Å². The van der Waals surface area contributed by atoms with E-state index < -0.39 is 11.8 Å². The average molecular weight is 337 g/mol. The van der Waals surface area contributed by atoms with Crippen molar-refractivity contribution >= 4 is 46.4 Å². The Balaban J connectivity index is 2.06. The number of anilines is 2. The minimum Gasteiger partial charge on any atom is -0.318 e. The van der Waals surface area contributed by atoms with Gasteiger partial charge in [0.2, 0.25) is 0 Å². The lowest BCUT2D eigenvalue weighted by Gasteiger charge is -2.10. The van der Waals surface area contributed by atoms with Crippen LogP contribution in [-0.4, -0.2) is 11.8 Å². The predicted molar refractivity (Wildman–Crippen MR) is 89.5 cm³/mol. The van der Waals surface area contributed by atoms with Crippen molar-refractivity contribution in [1.29, 1.82) is 0 Å². The zero-order chi connectivity index (χ0) is 16.1. The summed E-state index contributed by atoms with van der Waals surface area (Å²) in [5.41, 5.74) is 1.98. The largest absolute Gasteiger partial charge is 0.318 e. The third kappa shape index (κ3) is 4.00. The molecule has 0 atom stereocenters. The number of aryl methyl sites for hydroxylation is 1. The third-order valence-corrected chi connectivity index (χ3v) is 3.77. The molecule has 0 saturated carbocycles. The van der Waals surface area contributed by atoms with E-state index in [1.54, 1.807) is 24.3 Å². The second-order valence-corrected chi connectivity index (χ2v) is 5.36. The van der Waals surface area contributed by atoms with Crippen LogP contribution >= 0.6 is 23.2 Å². The molecule has 22 heavy (non-hydrogen) atoms. The number of benzene rings is 2. The predicted octanol–water partition coefficient (Wildman–Crippen LogP) is 4.13. The van der Waals surface area contributed by atoms with Crippen molar-refractivity contribution in [2.75, 3.05) is 10.6 Å². The van der Waals surface area contributed by atoms with Crippen LogP contribution in [0.3, 0.4) is 0 Å². The van der Waals surface area contributed by atoms with E-state index in [2.05, 4.69) is 10.6 Å². The Kier molecular flexibility index (Phi) is 5.41. The van der Waals surface area contributed by atoms with Gasteiger partial charge in [-0.1, -0.05) is 48.3 Å². The summed E-state index contributed by atoms with van der Waals surface area (Å²) in [5, 5.41) is 5.75. The van der Waals surface area contributed by atoms with Crippen molar-refractivity contribution in [2.45, 2.75) is 13.3 Å². The minimum atomic E-state index is -0.774. The molecular formula is C16H14Cl2N2O2. The first-order valence-corrected chi connectivity index (χ1v) is 7.42. The lowest BCUT2D eigenvalue weighted by molar-refractivity contribution is -0.133. The molecule has 0 radical (unpaired) electrons. The quantitative estimate of drug-likeness (QED) is 0.828. The fourth-order valence-corrected chi connectivity index (χ4v) is 2.19. The highest BCUT2D eigenvalue weighted by Gasteiger charge is 2.15. The second kappa shape index (κ2) is 7.29. The molecule has 0 aliphatic carbocycles. The number of hydrogen-bond donors (Lipinski definition) is 2. The van der Waals surface area contributed by atoms with Crippen molar-refractivity contribution in [3.05, 3.63) is 58.1 Å². The topological polar surface area (TPSA) is 58.2 Å². The van der Waals surface area contributed by atoms with Gasteiger partial charge in [-0.05, 0) is 36.2 Å². The monoisotopic (exact) mass is 336 g/mol. The van der Waals surface area contributed by atoms with Crippen LogP contribution < -0.4 is 10.6 Å². The summed E-state index contributed by atoms with van der Waals surface area (Å²) in [5.74, 6) is -1.52. The summed E-state index contributed by atoms with van der Waals surface area (Å²) >= 11 is 11.7. The Bertz CT molecular complexity index is 717. The second-order valence-electron chi connectivity index (χ2n) is 4.55. The summed E-state index contributed by atoms with van der Waals surface area (Å²) in [7, 11) is 0. The van der Waals surface area contributed by atoms with E-state index >= 15 is 0 Å². The lowest BCUT2D eigenvalue weighted by Crippen LogP contribution is -2.29. The van der Waals surface area contributed by atoms with Gasteiger partial charge >= 0.3 is 11.8 Å². The third-order valence-electron chi connectivity index (χ3n) is 3.03. The van der Waals surface area contributed by atoms with Crippen LogP contribution in [0.5, 0.6) is 0 Å². The molecule has 114 valence electrons. The maximum atomic E-state index is 12.0. The standard InChI is InChI=1S/C16H14Cl2N2O2/c1-2-10-5-3-4-6-14(10)20-16(22)15(21)19-11-7-8-12(17)13(18)9-11/h3-9H,2H2,1H3,(H,19,21)(H,20,22). The van der Waals surface area contributed by atoms with Crippen molar-refractivity contribution in [1.82, 2.24) is 0 Å². The lowest BCUT2D eigenvalue weighted by atomic mass is 10.1. The highest BCUT2D eigenvalue weighted by molar-refractivity contribution is 6.44. The number of carbonyl (C=O) groups is 2. The number of hydrogen-bond acceptors (Lipinski definition) is 2. The van der Waals surface area contributed by atoms with E-state index in [1.165, 1.54) is 6.07 Å². The smallest absolute Gasteiger partial charge is 0.314 e. The number of amides is 2. The van der Waals surface area contributed by atoms with Crippen LogP contribution in [0.4, 0.5) is 11.4 Å². The van der Waals surface area contributed by atoms with Gasteiger partial charge in [0.15, 0.2) is 0 Å². The van der Waals surface area contributed by atoms with E-state index in [0.717, 1.165) is 12.0 Å². The highest BCUT2D eigenvalue weighted by atomic mass is 35.5. The van der Waals surface area contributed by atoms with Gasteiger partial charge in [-0.15, -0.1) is 0 Å². The van der Waals surface area contributed by atoms with E-state index in [9.17, 15) is 9.59 Å². The molecule has 4 nitrogen and oxygen atoms in total. The molecule has 2 N–H and O–H groups in total. The maximum Gasteiger partial charge on any atom is 0.314 e. The first-order chi connectivity index (χ1) is 10.5. The van der Waals surface area contributed by atoms with Crippen LogP contribution in [0.1, 0.15) is 12.5 Å². The molecule has 2 aromatic rings. The molecule has 2 rings (SSSR count). The van der Waals surface area contributed by atoms with Crippen molar-refractivity contribution in [3.63, 3.8) is 0 Å². The van der Waals surface area contributed by atoms with Crippen LogP contribution in [0, 0.1) is 0 Å². The fourth-order valence-electron chi connectivity index (χ4n) is 1.89. The van der Waals surface area contributed by atoms with Crippen LogP contribution in [0.15, 0.2) is 42.5 Å². The normalized spacial score (nSPS) is 10.1. The van der Waals surface area contributed by atoms with E-state index in [-0.39, 0.29) is 0 Å². The number of nitrogens with one attached hydrogen (secondary N) is 2. The summed E-state index contributed by atoms with van der Waals surface area (Å²) in [4.78, 5) is 23.9. The van der Waals surface area contributed by atoms with Gasteiger partial charge in [-0.3, -0.25) is 9.59 Å². The Hall–Kier alpha value is -2.04. The SMILES string of the molecule is CCc1ccccc1NC(=O)C(=O)Nc1ccc(Cl)c(Cl)c1. The van der Waals surface area contributed by atoms with E-state index in [4.69, 9.17) is 23.2 Å². The van der Waals surface area contributed by atoms with Gasteiger partial charge in [-0.25, -0.2) is 0 Å². The number of rotatable bonds is 3. The van der Waals surface area contributed by atoms with Gasteiger partial charge < -0.3 is 10.6 Å². The fraction of sp³-hybridized carbons (Fsp3) is 0.125. The molecule has 0 bridgehead atoms. The van der Waals surface area contributed by atoms with Gasteiger partial charge in [0.25, 0.3) is 0 Å². The minimum absolute atomic E-state index is 0.302. The summed E-state index contributed by atoms with van der Waals surface area (Å²) < 4.78 is 0. The van der Waals surface area contributed by atoms with Crippen LogP contribution in [-0.2, 0) is 16.0 Å². The maximum absolute atomic E-state index is 12.0. The Morgan fingerprint density at radius 1 is 0.955 bits per heavy atom. The van der Waals surface area contributed by atoms with E-state index in [0.29, 0.717) is 21.4 Å². The zero-order valence-corrected chi connectivity index (χ0v) is 13.3. The molecule has 0 unspecified atom stereocenters. The Morgan fingerprint density at radius 3 is 2.32 bits per heavy atom. The van der Waals surface area contributed by atoms with Gasteiger partial charge in [0.05, 0.1) is 10.0 Å². The van der Waals surface area contributed by atoms with Gasteiger partial charge in [0.1, 0.15) is 0 Å². The van der Waals surface area contributed by atoms with Crippen LogP contribution in [0.25, 0.3) is 0 Å². The number of para-hydroxylation sites is 1. The molecular weight excluding hydrogens is 323 g/mol. The first kappa shape index (κ1) is 16.3. The molecule has 0 spiro atoms. The molecule has 0 heterocycles. The summed E-state index contributed by atoms with van der Waals surface area (Å²) in [6, 6.07) is 11.9. The van der Waals surface area contributed by atoms with Crippen molar-refractivity contribution in [2.24, 2.45) is 0 Å². The molecule has 0 fully saturated rings. The summed E-state index contributed by atoms with van der Waals surface area (Å²) in [6.45, 7) is 1.97. The van der Waals surface area contributed by atoms with Gasteiger partial charge in [0, 0.05) is 11.4 Å². The number of carbonyl (C=O) groups excluding carboxylic acids is 2. The first-order valence-electron chi connectivity index (χ1n) is 6.66. The van der Waals surface area contributed by atoms with Gasteiger partial charge in [-0.2, -0.15) is 0 Å². The van der Waals surface area contributed by atoms with Crippen molar-refractivity contribution in [3.8, 4) is 0 Å². The molecule has 0 saturated heterocycles. The molecule has 0 aliphatic heterocycles. The molecule has 0 aliphatic rings. The number of halogens is 2.